The molecule has 2 N–H and O–H groups in total. The number of nitrogens with one attached hydrogen (secondary N) is 1. The molecule has 2 aromatic rings. The monoisotopic (exact) mass is 442 g/mol. The maximum Gasteiger partial charge on any atom is 0.322 e. The Morgan fingerprint density at radius 2 is 2.04 bits per heavy atom. The maximum absolute atomic E-state index is 12.6. The minimum Gasteiger partial charge on any atom is -0.480 e. The Morgan fingerprint density at radius 3 is 2.68 bits per heavy atom. The Kier molecular flexibility index (Phi) is 7.01. The molecule has 3 rings (SSSR count). The zero-order valence-electron chi connectivity index (χ0n) is 16.1. The van der Waals surface area contributed by atoms with E-state index >= 15 is 0 Å². The number of sulfonamides is 1. The number of nitrogens with zero attached hydrogens (tertiary/aromatic N) is 1. The fourth-order valence-corrected chi connectivity index (χ4v) is 7.12. The van der Waals surface area contributed by atoms with Gasteiger partial charge in [0.2, 0.25) is 10.0 Å². The molecule has 154 valence electrons. The van der Waals surface area contributed by atoms with Crippen molar-refractivity contribution >= 4 is 49.3 Å². The molecule has 1 aromatic carbocycles. The number of benzene rings is 1. The summed E-state index contributed by atoms with van der Waals surface area (Å²) in [5.41, 5.74) is 0.772. The van der Waals surface area contributed by atoms with Crippen LogP contribution in [-0.4, -0.2) is 36.3 Å². The Morgan fingerprint density at radius 1 is 1.32 bits per heavy atom. The molecule has 0 saturated heterocycles. The first kappa shape index (κ1) is 21.5. The summed E-state index contributed by atoms with van der Waals surface area (Å²) in [6, 6.07) is 3.60. The van der Waals surface area contributed by atoms with E-state index in [1.54, 1.807) is 37.7 Å². The molecule has 0 aliphatic heterocycles. The smallest absolute Gasteiger partial charge is 0.322 e. The molecule has 1 unspecified atom stereocenters. The van der Waals surface area contributed by atoms with Gasteiger partial charge >= 0.3 is 5.97 Å². The summed E-state index contributed by atoms with van der Waals surface area (Å²) < 4.78 is 29.3. The third kappa shape index (κ3) is 5.25. The van der Waals surface area contributed by atoms with Crippen molar-refractivity contribution in [2.75, 3.05) is 5.75 Å². The molecule has 28 heavy (non-hydrogen) atoms. The second-order valence-corrected chi connectivity index (χ2v) is 11.6. The molecule has 0 radical (unpaired) electrons. The van der Waals surface area contributed by atoms with Crippen molar-refractivity contribution in [2.45, 2.75) is 61.2 Å². The second kappa shape index (κ2) is 9.11. The molecule has 0 spiro atoms. The van der Waals surface area contributed by atoms with Crippen molar-refractivity contribution < 1.29 is 18.3 Å². The lowest BCUT2D eigenvalue weighted by Gasteiger charge is -2.20. The molecule has 9 heteroatoms. The highest BCUT2D eigenvalue weighted by molar-refractivity contribution is 8.01. The molecule has 1 fully saturated rings. The maximum atomic E-state index is 12.6. The lowest BCUT2D eigenvalue weighted by molar-refractivity contribution is -0.140. The number of aliphatic carboxylic acids is 1. The van der Waals surface area contributed by atoms with Gasteiger partial charge in [-0.1, -0.05) is 44.9 Å². The molecular weight excluding hydrogens is 416 g/mol. The highest BCUT2D eigenvalue weighted by atomic mass is 32.2. The summed E-state index contributed by atoms with van der Waals surface area (Å²) in [7, 11) is -3.92. The minimum absolute atomic E-state index is 0.0689. The first-order valence-corrected chi connectivity index (χ1v) is 12.8. The van der Waals surface area contributed by atoms with Crippen LogP contribution >= 0.6 is 23.1 Å². The number of hydrogen-bond donors (Lipinski definition) is 2. The Hall–Kier alpha value is -1.16. The number of thiazole rings is 1. The fraction of sp³-hybridized carbons (Fsp3) is 0.579. The standard InChI is InChI=1S/C19H26N2O4S3/c1-12(2)17(18(22)23)21-28(24,25)14-8-9-15-16(10-14)27-19(20-15)26-11-13-6-4-3-5-7-13/h8-10,12-13,17,21H,3-7,11H2,1-2H3,(H,22,23). The van der Waals surface area contributed by atoms with Crippen LogP contribution in [0, 0.1) is 11.8 Å². The number of carbonyl (C=O) groups is 1. The van der Waals surface area contributed by atoms with E-state index in [0.29, 0.717) is 0 Å². The van der Waals surface area contributed by atoms with Crippen LogP contribution in [0.4, 0.5) is 0 Å². The van der Waals surface area contributed by atoms with E-state index in [1.165, 1.54) is 49.5 Å². The molecule has 1 saturated carbocycles. The van der Waals surface area contributed by atoms with E-state index in [4.69, 9.17) is 0 Å². The lowest BCUT2D eigenvalue weighted by atomic mass is 9.91. The zero-order valence-corrected chi connectivity index (χ0v) is 18.5. The van der Waals surface area contributed by atoms with Crippen LogP contribution in [0.3, 0.4) is 0 Å². The summed E-state index contributed by atoms with van der Waals surface area (Å²) in [5.74, 6) is 0.261. The van der Waals surface area contributed by atoms with E-state index in [0.717, 1.165) is 26.2 Å². The molecule has 0 bridgehead atoms. The van der Waals surface area contributed by atoms with Crippen molar-refractivity contribution in [3.63, 3.8) is 0 Å². The van der Waals surface area contributed by atoms with Crippen LogP contribution in [0.1, 0.15) is 46.0 Å². The summed E-state index contributed by atoms with van der Waals surface area (Å²) in [6.45, 7) is 3.34. The molecule has 1 aromatic heterocycles. The van der Waals surface area contributed by atoms with Crippen LogP contribution in [0.5, 0.6) is 0 Å². The van der Waals surface area contributed by atoms with Gasteiger partial charge in [0.15, 0.2) is 4.34 Å². The van der Waals surface area contributed by atoms with E-state index in [9.17, 15) is 18.3 Å². The zero-order chi connectivity index (χ0) is 20.3. The molecular formula is C19H26N2O4S3. The van der Waals surface area contributed by atoms with Crippen molar-refractivity contribution in [1.82, 2.24) is 9.71 Å². The van der Waals surface area contributed by atoms with Crippen LogP contribution < -0.4 is 4.72 Å². The van der Waals surface area contributed by atoms with Gasteiger partial charge < -0.3 is 5.11 Å². The number of carboxylic acids is 1. The fourth-order valence-electron chi connectivity index (χ4n) is 3.36. The van der Waals surface area contributed by atoms with Crippen molar-refractivity contribution in [2.24, 2.45) is 11.8 Å². The molecule has 1 heterocycles. The van der Waals surface area contributed by atoms with Gasteiger partial charge in [0, 0.05) is 5.75 Å². The molecule has 1 atom stereocenters. The van der Waals surface area contributed by atoms with Gasteiger partial charge in [-0.2, -0.15) is 4.72 Å². The average molecular weight is 443 g/mol. The summed E-state index contributed by atoms with van der Waals surface area (Å²) >= 11 is 3.24. The predicted molar refractivity (Wildman–Crippen MR) is 114 cm³/mol. The van der Waals surface area contributed by atoms with Gasteiger partial charge in [0.1, 0.15) is 6.04 Å². The summed E-state index contributed by atoms with van der Waals surface area (Å²) in [5, 5.41) is 9.26. The van der Waals surface area contributed by atoms with Gasteiger partial charge in [-0.05, 0) is 42.9 Å². The second-order valence-electron chi connectivity index (χ2n) is 7.61. The van der Waals surface area contributed by atoms with E-state index in [-0.39, 0.29) is 10.8 Å². The van der Waals surface area contributed by atoms with Gasteiger partial charge in [-0.15, -0.1) is 11.3 Å². The van der Waals surface area contributed by atoms with Crippen LogP contribution in [-0.2, 0) is 14.8 Å². The van der Waals surface area contributed by atoms with Gasteiger partial charge in [0.05, 0.1) is 15.1 Å². The number of aromatic nitrogens is 1. The minimum atomic E-state index is -3.92. The van der Waals surface area contributed by atoms with Crippen LogP contribution in [0.25, 0.3) is 10.2 Å². The largest absolute Gasteiger partial charge is 0.480 e. The van der Waals surface area contributed by atoms with Crippen LogP contribution in [0.2, 0.25) is 0 Å². The SMILES string of the molecule is CC(C)C(NS(=O)(=O)c1ccc2nc(SCC3CCCCC3)sc2c1)C(=O)O. The molecule has 0 amide bonds. The van der Waals surface area contributed by atoms with Crippen molar-refractivity contribution in [3.05, 3.63) is 18.2 Å². The van der Waals surface area contributed by atoms with Crippen molar-refractivity contribution in [1.29, 1.82) is 0 Å². The number of fused-ring (bicyclic) bond motifs is 1. The number of rotatable bonds is 8. The Balaban J connectivity index is 1.75. The summed E-state index contributed by atoms with van der Waals surface area (Å²) in [6.07, 6.45) is 6.53. The average Bonchev–Trinajstić information content (AvgIpc) is 3.07. The molecule has 1 aliphatic carbocycles. The van der Waals surface area contributed by atoms with E-state index in [2.05, 4.69) is 9.71 Å². The Bertz CT molecular complexity index is 934. The third-order valence-electron chi connectivity index (χ3n) is 5.03. The topological polar surface area (TPSA) is 96.4 Å². The van der Waals surface area contributed by atoms with E-state index < -0.39 is 22.0 Å². The van der Waals surface area contributed by atoms with E-state index in [1.807, 2.05) is 0 Å². The van der Waals surface area contributed by atoms with Gasteiger partial charge in [-0.3, -0.25) is 4.79 Å². The quantitative estimate of drug-likeness (QED) is 0.590. The van der Waals surface area contributed by atoms with Crippen molar-refractivity contribution in [3.8, 4) is 0 Å². The number of hydrogen-bond acceptors (Lipinski definition) is 6. The number of thioether (sulfide) groups is 1. The predicted octanol–water partition coefficient (Wildman–Crippen LogP) is 4.36. The highest BCUT2D eigenvalue weighted by Crippen LogP contribution is 2.34. The highest BCUT2D eigenvalue weighted by Gasteiger charge is 2.28. The normalized spacial score (nSPS) is 17.2. The molecule has 1 aliphatic rings. The van der Waals surface area contributed by atoms with Crippen LogP contribution in [0.15, 0.2) is 27.4 Å². The lowest BCUT2D eigenvalue weighted by Crippen LogP contribution is -2.44. The summed E-state index contributed by atoms with van der Waals surface area (Å²) in [4.78, 5) is 16.0. The molecule has 6 nitrogen and oxygen atoms in total. The first-order chi connectivity index (χ1) is 13.3. The third-order valence-corrected chi connectivity index (χ3v) is 8.86. The first-order valence-electron chi connectivity index (χ1n) is 9.55. The number of carboxylic acid groups (broad SMARTS) is 1. The Labute approximate surface area is 174 Å². The van der Waals surface area contributed by atoms with Gasteiger partial charge in [0.25, 0.3) is 0 Å². The van der Waals surface area contributed by atoms with Gasteiger partial charge in [-0.25, -0.2) is 13.4 Å².